The minimum absolute atomic E-state index is 0.768. The van der Waals surface area contributed by atoms with Gasteiger partial charge in [-0.2, -0.15) is 0 Å². The van der Waals surface area contributed by atoms with Crippen molar-refractivity contribution in [3.63, 3.8) is 0 Å². The van der Waals surface area contributed by atoms with E-state index in [0.29, 0.717) is 0 Å². The Morgan fingerprint density at radius 1 is 0.750 bits per heavy atom. The number of hydrogen-bond acceptors (Lipinski definition) is 4. The van der Waals surface area contributed by atoms with E-state index in [1.165, 1.54) is 0 Å². The third-order valence-electron chi connectivity index (χ3n) is 2.66. The van der Waals surface area contributed by atoms with Gasteiger partial charge in [0.2, 0.25) is 0 Å². The molecule has 2 rings (SSSR count). The smallest absolute Gasteiger partial charge is 0.151 e. The van der Waals surface area contributed by atoms with Crippen LogP contribution in [0.25, 0.3) is 0 Å². The molecule has 0 unspecified atom stereocenters. The average molecular weight is 266 g/mol. The van der Waals surface area contributed by atoms with Crippen LogP contribution in [0.2, 0.25) is 0 Å². The molecule has 0 aromatic carbocycles. The minimum atomic E-state index is 0.768. The Morgan fingerprint density at radius 2 is 1.25 bits per heavy atom. The molecule has 0 aliphatic rings. The highest BCUT2D eigenvalue weighted by Gasteiger charge is 1.88. The van der Waals surface area contributed by atoms with Crippen LogP contribution in [-0.4, -0.2) is 22.4 Å². The van der Waals surface area contributed by atoms with Gasteiger partial charge in [0.05, 0.1) is 0 Å². The molecule has 2 aromatic rings. The molecule has 0 bridgehead atoms. The summed E-state index contributed by atoms with van der Waals surface area (Å²) in [4.78, 5) is 16.9. The number of aromatic nitrogens is 2. The van der Waals surface area contributed by atoms with E-state index in [-0.39, 0.29) is 0 Å². The first kappa shape index (κ1) is 14.1. The lowest BCUT2D eigenvalue weighted by Gasteiger charge is -1.94. The van der Waals surface area contributed by atoms with Crippen LogP contribution < -0.4 is 0 Å². The van der Waals surface area contributed by atoms with Crippen molar-refractivity contribution < 1.29 is 0 Å². The van der Waals surface area contributed by atoms with Crippen molar-refractivity contribution in [1.29, 1.82) is 0 Å². The van der Waals surface area contributed by atoms with Crippen molar-refractivity contribution in [2.75, 3.05) is 0 Å². The molecule has 0 aliphatic carbocycles. The zero-order chi connectivity index (χ0) is 13.9. The van der Waals surface area contributed by atoms with Gasteiger partial charge in [-0.3, -0.25) is 0 Å². The maximum atomic E-state index is 4.29. The summed E-state index contributed by atoms with van der Waals surface area (Å²) in [6.45, 7) is 0. The molecule has 0 atom stereocenters. The molecule has 102 valence electrons. The Hall–Kier alpha value is -2.36. The second-order valence-corrected chi connectivity index (χ2v) is 4.28. The Bertz CT molecular complexity index is 483. The van der Waals surface area contributed by atoms with Crippen LogP contribution >= 0.6 is 0 Å². The molecule has 0 amide bonds. The second kappa shape index (κ2) is 8.69. The van der Waals surface area contributed by atoms with Crippen LogP contribution in [0.15, 0.2) is 58.8 Å². The van der Waals surface area contributed by atoms with Crippen molar-refractivity contribution in [3.8, 4) is 0 Å². The Kier molecular flexibility index (Phi) is 6.11. The fourth-order valence-electron chi connectivity index (χ4n) is 1.65. The molecule has 2 heterocycles. The van der Waals surface area contributed by atoms with Gasteiger partial charge in [0, 0.05) is 24.8 Å². The Morgan fingerprint density at radius 3 is 1.65 bits per heavy atom. The quantitative estimate of drug-likeness (QED) is 0.558. The van der Waals surface area contributed by atoms with Crippen molar-refractivity contribution in [2.24, 2.45) is 9.98 Å². The summed E-state index contributed by atoms with van der Waals surface area (Å²) >= 11 is 0. The van der Waals surface area contributed by atoms with Crippen molar-refractivity contribution in [1.82, 2.24) is 9.97 Å². The third-order valence-corrected chi connectivity index (χ3v) is 2.66. The molecular formula is C16H18N4. The number of nitrogens with zero attached hydrogens (tertiary/aromatic N) is 4. The molecule has 0 saturated carbocycles. The zero-order valence-electron chi connectivity index (χ0n) is 11.4. The summed E-state index contributed by atoms with van der Waals surface area (Å²) in [5.41, 5.74) is 0. The van der Waals surface area contributed by atoms with Crippen LogP contribution in [0.4, 0.5) is 11.6 Å². The van der Waals surface area contributed by atoms with Gasteiger partial charge >= 0.3 is 0 Å². The third kappa shape index (κ3) is 5.52. The van der Waals surface area contributed by atoms with E-state index in [4.69, 9.17) is 0 Å². The lowest BCUT2D eigenvalue weighted by molar-refractivity contribution is 0.806. The Balaban J connectivity index is 1.58. The SMILES string of the molecule is C(CCCCC=Nc1ccccn1)=Nc1ccccn1. The maximum absolute atomic E-state index is 4.29. The molecule has 4 heteroatoms. The van der Waals surface area contributed by atoms with E-state index in [1.807, 2.05) is 48.8 Å². The van der Waals surface area contributed by atoms with E-state index >= 15 is 0 Å². The second-order valence-electron chi connectivity index (χ2n) is 4.28. The summed E-state index contributed by atoms with van der Waals surface area (Å²) in [5.74, 6) is 1.54. The van der Waals surface area contributed by atoms with Crippen LogP contribution in [0.1, 0.15) is 25.7 Å². The fourth-order valence-corrected chi connectivity index (χ4v) is 1.65. The predicted octanol–water partition coefficient (Wildman–Crippen LogP) is 4.14. The van der Waals surface area contributed by atoms with E-state index in [2.05, 4.69) is 20.0 Å². The molecule has 0 radical (unpaired) electrons. The normalized spacial score (nSPS) is 11.4. The highest BCUT2D eigenvalue weighted by atomic mass is 14.9. The van der Waals surface area contributed by atoms with Gasteiger partial charge in [-0.15, -0.1) is 0 Å². The number of pyridine rings is 2. The highest BCUT2D eigenvalue weighted by Crippen LogP contribution is 2.06. The molecule has 0 saturated heterocycles. The number of unbranched alkanes of at least 4 members (excludes halogenated alkanes) is 3. The number of aliphatic imine (C=N–C) groups is 2. The van der Waals surface area contributed by atoms with Crippen molar-refractivity contribution >= 4 is 24.1 Å². The summed E-state index contributed by atoms with van der Waals surface area (Å²) in [6, 6.07) is 11.5. The topological polar surface area (TPSA) is 50.5 Å². The molecule has 4 nitrogen and oxygen atoms in total. The van der Waals surface area contributed by atoms with Gasteiger partial charge in [-0.05, 0) is 49.9 Å². The first-order chi connectivity index (χ1) is 9.95. The summed E-state index contributed by atoms with van der Waals surface area (Å²) in [7, 11) is 0. The Labute approximate surface area is 119 Å². The van der Waals surface area contributed by atoms with Gasteiger partial charge in [-0.25, -0.2) is 20.0 Å². The van der Waals surface area contributed by atoms with Crippen LogP contribution in [0.5, 0.6) is 0 Å². The van der Waals surface area contributed by atoms with Gasteiger partial charge in [0.15, 0.2) is 11.6 Å². The molecule has 0 aliphatic heterocycles. The summed E-state index contributed by atoms with van der Waals surface area (Å²) < 4.78 is 0. The van der Waals surface area contributed by atoms with E-state index in [9.17, 15) is 0 Å². The van der Waals surface area contributed by atoms with Crippen molar-refractivity contribution in [3.05, 3.63) is 48.8 Å². The molecule has 2 aromatic heterocycles. The number of rotatable bonds is 7. The molecular weight excluding hydrogens is 248 g/mol. The largest absolute Gasteiger partial charge is 0.242 e. The fraction of sp³-hybridized carbons (Fsp3) is 0.250. The monoisotopic (exact) mass is 266 g/mol. The lowest BCUT2D eigenvalue weighted by atomic mass is 10.2. The molecule has 0 N–H and O–H groups in total. The van der Waals surface area contributed by atoms with Crippen LogP contribution in [-0.2, 0) is 0 Å². The van der Waals surface area contributed by atoms with E-state index in [0.717, 1.165) is 37.3 Å². The van der Waals surface area contributed by atoms with Crippen LogP contribution in [0.3, 0.4) is 0 Å². The minimum Gasteiger partial charge on any atom is -0.242 e. The zero-order valence-corrected chi connectivity index (χ0v) is 11.4. The van der Waals surface area contributed by atoms with Gasteiger partial charge in [-0.1, -0.05) is 12.1 Å². The van der Waals surface area contributed by atoms with E-state index < -0.39 is 0 Å². The van der Waals surface area contributed by atoms with Crippen molar-refractivity contribution in [2.45, 2.75) is 25.7 Å². The average Bonchev–Trinajstić information content (AvgIpc) is 2.52. The maximum Gasteiger partial charge on any atom is 0.151 e. The predicted molar refractivity (Wildman–Crippen MR) is 83.2 cm³/mol. The van der Waals surface area contributed by atoms with Crippen LogP contribution in [0, 0.1) is 0 Å². The summed E-state index contributed by atoms with van der Waals surface area (Å²) in [5, 5.41) is 0. The first-order valence-electron chi connectivity index (χ1n) is 6.82. The van der Waals surface area contributed by atoms with Gasteiger partial charge < -0.3 is 0 Å². The lowest BCUT2D eigenvalue weighted by Crippen LogP contribution is -1.81. The molecule has 0 spiro atoms. The van der Waals surface area contributed by atoms with Gasteiger partial charge in [0.25, 0.3) is 0 Å². The first-order valence-corrected chi connectivity index (χ1v) is 6.82. The van der Waals surface area contributed by atoms with E-state index in [1.54, 1.807) is 12.4 Å². The van der Waals surface area contributed by atoms with Gasteiger partial charge in [0.1, 0.15) is 0 Å². The highest BCUT2D eigenvalue weighted by molar-refractivity contribution is 5.62. The summed E-state index contributed by atoms with van der Waals surface area (Å²) in [6.07, 6.45) is 11.5. The number of hydrogen-bond donors (Lipinski definition) is 0. The molecule has 0 fully saturated rings. The standard InChI is InChI=1S/C16H18N4/c1(5-11-17-15-9-3-7-13-19-15)2-6-12-18-16-10-4-8-14-20-16/h3-4,7-14H,1-2,5-6H2. The molecule has 20 heavy (non-hydrogen) atoms.